The van der Waals surface area contributed by atoms with Crippen molar-refractivity contribution in [2.24, 2.45) is 5.73 Å². The lowest BCUT2D eigenvalue weighted by molar-refractivity contribution is 0.415. The fourth-order valence-electron chi connectivity index (χ4n) is 1.88. The summed E-state index contributed by atoms with van der Waals surface area (Å²) in [5.41, 5.74) is 9.51. The molecule has 2 rings (SSSR count). The first-order valence-electron chi connectivity index (χ1n) is 6.01. The van der Waals surface area contributed by atoms with Crippen LogP contribution in [0.25, 0.3) is 0 Å². The molecule has 104 valence electrons. The molecule has 0 spiro atoms. The van der Waals surface area contributed by atoms with Gasteiger partial charge in [0.1, 0.15) is 10.7 Å². The summed E-state index contributed by atoms with van der Waals surface area (Å²) in [6, 6.07) is 11.7. The van der Waals surface area contributed by atoms with Crippen molar-refractivity contribution in [2.75, 3.05) is 12.4 Å². The number of aryl methyl sites for hydroxylation is 1. The van der Waals surface area contributed by atoms with E-state index in [0.29, 0.717) is 4.99 Å². The number of nitrogens with two attached hydrogens (primary N) is 1. The van der Waals surface area contributed by atoms with E-state index < -0.39 is 0 Å². The van der Waals surface area contributed by atoms with Crippen LogP contribution in [-0.2, 0) is 0 Å². The van der Waals surface area contributed by atoms with Crippen LogP contribution < -0.4 is 15.8 Å². The molecule has 2 aromatic carbocycles. The van der Waals surface area contributed by atoms with Gasteiger partial charge < -0.3 is 15.8 Å². The highest BCUT2D eigenvalue weighted by Crippen LogP contribution is 2.28. The van der Waals surface area contributed by atoms with Gasteiger partial charge in [-0.3, -0.25) is 0 Å². The molecule has 0 unspecified atom stereocenters. The molecule has 5 heteroatoms. The second-order valence-electron chi connectivity index (χ2n) is 4.42. The smallest absolute Gasteiger partial charge is 0.122 e. The Morgan fingerprint density at radius 3 is 2.65 bits per heavy atom. The molecule has 0 radical (unpaired) electrons. The van der Waals surface area contributed by atoms with Crippen molar-refractivity contribution in [1.82, 2.24) is 0 Å². The van der Waals surface area contributed by atoms with Crippen LogP contribution in [0.1, 0.15) is 11.1 Å². The predicted molar refractivity (Wildman–Crippen MR) is 91.0 cm³/mol. The van der Waals surface area contributed by atoms with Gasteiger partial charge in [0.2, 0.25) is 0 Å². The summed E-state index contributed by atoms with van der Waals surface area (Å²) in [7, 11) is 1.64. The Morgan fingerprint density at radius 2 is 2.00 bits per heavy atom. The summed E-state index contributed by atoms with van der Waals surface area (Å²) in [4.78, 5) is 0.373. The Labute approximate surface area is 132 Å². The first-order chi connectivity index (χ1) is 9.49. The van der Waals surface area contributed by atoms with Crippen molar-refractivity contribution in [1.29, 1.82) is 0 Å². The van der Waals surface area contributed by atoms with E-state index in [1.807, 2.05) is 43.3 Å². The standard InChI is InChI=1S/C15H15BrN2OS/c1-9-3-4-14(13(5-9)15(17)20)18-11-6-10(16)7-12(8-11)19-2/h3-8,18H,1-2H3,(H2,17,20). The number of halogens is 1. The SMILES string of the molecule is COc1cc(Br)cc(Nc2ccc(C)cc2C(N)=S)c1. The fourth-order valence-corrected chi connectivity index (χ4v) is 2.52. The van der Waals surface area contributed by atoms with Crippen LogP contribution in [0.5, 0.6) is 5.75 Å². The molecule has 3 nitrogen and oxygen atoms in total. The van der Waals surface area contributed by atoms with E-state index in [4.69, 9.17) is 22.7 Å². The van der Waals surface area contributed by atoms with Crippen LogP contribution in [0.3, 0.4) is 0 Å². The highest BCUT2D eigenvalue weighted by Gasteiger charge is 2.07. The molecule has 0 fully saturated rings. The molecule has 0 saturated carbocycles. The summed E-state index contributed by atoms with van der Waals surface area (Å²) >= 11 is 8.56. The van der Waals surface area contributed by atoms with Gasteiger partial charge in [0.25, 0.3) is 0 Å². The Hall–Kier alpha value is -1.59. The van der Waals surface area contributed by atoms with E-state index in [-0.39, 0.29) is 0 Å². The number of anilines is 2. The lowest BCUT2D eigenvalue weighted by Gasteiger charge is -2.13. The summed E-state index contributed by atoms with van der Waals surface area (Å²) in [6.07, 6.45) is 0. The zero-order valence-corrected chi connectivity index (χ0v) is 13.6. The van der Waals surface area contributed by atoms with Crippen molar-refractivity contribution < 1.29 is 4.74 Å². The molecule has 0 saturated heterocycles. The summed E-state index contributed by atoms with van der Waals surface area (Å²) < 4.78 is 6.18. The van der Waals surface area contributed by atoms with Gasteiger partial charge in [-0.05, 0) is 31.2 Å². The number of thiocarbonyl (C=S) groups is 1. The molecule has 0 aliphatic heterocycles. The monoisotopic (exact) mass is 350 g/mol. The molecule has 2 aromatic rings. The van der Waals surface area contributed by atoms with Crippen LogP contribution in [0.15, 0.2) is 40.9 Å². The lowest BCUT2D eigenvalue weighted by Crippen LogP contribution is -2.12. The van der Waals surface area contributed by atoms with E-state index in [9.17, 15) is 0 Å². The van der Waals surface area contributed by atoms with Gasteiger partial charge in [0, 0.05) is 27.5 Å². The molecule has 0 amide bonds. The first kappa shape index (κ1) is 14.8. The zero-order valence-electron chi connectivity index (χ0n) is 11.2. The third kappa shape index (κ3) is 3.49. The largest absolute Gasteiger partial charge is 0.497 e. The van der Waals surface area contributed by atoms with Crippen LogP contribution in [0.4, 0.5) is 11.4 Å². The molecule has 0 aliphatic rings. The zero-order chi connectivity index (χ0) is 14.7. The van der Waals surface area contributed by atoms with Crippen molar-refractivity contribution in [2.45, 2.75) is 6.92 Å². The number of ether oxygens (including phenoxy) is 1. The third-order valence-corrected chi connectivity index (χ3v) is 3.50. The van der Waals surface area contributed by atoms with E-state index in [1.165, 1.54) is 0 Å². The lowest BCUT2D eigenvalue weighted by atomic mass is 10.1. The minimum Gasteiger partial charge on any atom is -0.497 e. The number of nitrogens with one attached hydrogen (secondary N) is 1. The average Bonchev–Trinajstić information content (AvgIpc) is 2.40. The number of rotatable bonds is 4. The average molecular weight is 351 g/mol. The van der Waals surface area contributed by atoms with Crippen molar-refractivity contribution in [3.8, 4) is 5.75 Å². The Bertz CT molecular complexity index is 658. The van der Waals surface area contributed by atoms with Crippen LogP contribution >= 0.6 is 28.1 Å². The summed E-state index contributed by atoms with van der Waals surface area (Å²) in [5.74, 6) is 0.769. The molecule has 0 aromatic heterocycles. The molecular weight excluding hydrogens is 336 g/mol. The molecule has 3 N–H and O–H groups in total. The first-order valence-corrected chi connectivity index (χ1v) is 7.22. The van der Waals surface area contributed by atoms with Gasteiger partial charge in [0.05, 0.1) is 7.11 Å². The Kier molecular flexibility index (Phi) is 4.62. The second kappa shape index (κ2) is 6.24. The van der Waals surface area contributed by atoms with Crippen LogP contribution in [0, 0.1) is 6.92 Å². The van der Waals surface area contributed by atoms with Crippen LogP contribution in [-0.4, -0.2) is 12.1 Å². The van der Waals surface area contributed by atoms with Gasteiger partial charge in [-0.1, -0.05) is 39.8 Å². The topological polar surface area (TPSA) is 47.3 Å². The summed E-state index contributed by atoms with van der Waals surface area (Å²) in [6.45, 7) is 2.01. The Morgan fingerprint density at radius 1 is 1.25 bits per heavy atom. The van der Waals surface area contributed by atoms with Gasteiger partial charge in [0.15, 0.2) is 0 Å². The minimum absolute atomic E-state index is 0.373. The molecule has 0 heterocycles. The molecule has 0 bridgehead atoms. The van der Waals surface area contributed by atoms with Gasteiger partial charge >= 0.3 is 0 Å². The van der Waals surface area contributed by atoms with Crippen molar-refractivity contribution >= 4 is 44.5 Å². The Balaban J connectivity index is 2.39. The maximum atomic E-state index is 5.78. The van der Waals surface area contributed by atoms with Gasteiger partial charge in [-0.15, -0.1) is 0 Å². The third-order valence-electron chi connectivity index (χ3n) is 2.83. The number of hydrogen-bond donors (Lipinski definition) is 2. The quantitative estimate of drug-likeness (QED) is 0.813. The predicted octanol–water partition coefficient (Wildman–Crippen LogP) is 4.14. The van der Waals surface area contributed by atoms with Gasteiger partial charge in [-0.2, -0.15) is 0 Å². The fraction of sp³-hybridized carbons (Fsp3) is 0.133. The van der Waals surface area contributed by atoms with Crippen molar-refractivity contribution in [3.05, 3.63) is 52.0 Å². The maximum Gasteiger partial charge on any atom is 0.122 e. The molecule has 20 heavy (non-hydrogen) atoms. The second-order valence-corrected chi connectivity index (χ2v) is 5.77. The maximum absolute atomic E-state index is 5.78. The molecule has 0 atom stereocenters. The van der Waals surface area contributed by atoms with E-state index in [2.05, 4.69) is 21.2 Å². The number of hydrogen-bond acceptors (Lipinski definition) is 3. The van der Waals surface area contributed by atoms with E-state index in [1.54, 1.807) is 7.11 Å². The number of benzene rings is 2. The van der Waals surface area contributed by atoms with E-state index >= 15 is 0 Å². The minimum atomic E-state index is 0.373. The van der Waals surface area contributed by atoms with Crippen molar-refractivity contribution in [3.63, 3.8) is 0 Å². The molecular formula is C15H15BrN2OS. The van der Waals surface area contributed by atoms with E-state index in [0.717, 1.165) is 32.7 Å². The normalized spacial score (nSPS) is 10.2. The molecule has 0 aliphatic carbocycles. The van der Waals surface area contributed by atoms with Gasteiger partial charge in [-0.25, -0.2) is 0 Å². The van der Waals surface area contributed by atoms with Crippen LogP contribution in [0.2, 0.25) is 0 Å². The number of methoxy groups -OCH3 is 1. The summed E-state index contributed by atoms with van der Waals surface area (Å²) in [5, 5.41) is 3.32. The highest BCUT2D eigenvalue weighted by molar-refractivity contribution is 9.10. The highest BCUT2D eigenvalue weighted by atomic mass is 79.9.